The van der Waals surface area contributed by atoms with Crippen molar-refractivity contribution in [3.63, 3.8) is 0 Å². The molecule has 2 aliphatic carbocycles. The van der Waals surface area contributed by atoms with Gasteiger partial charge in [0.05, 0.1) is 30.7 Å². The second-order valence-electron chi connectivity index (χ2n) is 8.86. The van der Waals surface area contributed by atoms with Crippen molar-refractivity contribution in [1.82, 2.24) is 14.7 Å². The maximum absolute atomic E-state index is 13.3. The molecule has 1 heterocycles. The molecule has 1 aromatic heterocycles. The van der Waals surface area contributed by atoms with E-state index in [1.165, 1.54) is 12.1 Å². The normalized spacial score (nSPS) is 23.0. The zero-order valence-electron chi connectivity index (χ0n) is 18.0. The lowest BCUT2D eigenvalue weighted by Crippen LogP contribution is -2.49. The lowest BCUT2D eigenvalue weighted by molar-refractivity contribution is -0.209. The van der Waals surface area contributed by atoms with Crippen LogP contribution >= 0.6 is 0 Å². The number of aliphatic hydroxyl groups is 2. The van der Waals surface area contributed by atoms with Crippen LogP contribution in [0.25, 0.3) is 11.8 Å². The van der Waals surface area contributed by atoms with Gasteiger partial charge in [-0.25, -0.2) is 9.07 Å². The standard InChI is InChI=1S/C23H25F4N3O3/c1-22-11-14-12-28-30(17-5-3-16(24)4-6-17)19(14)10-15(22)2-7-18(22)21(33)29(8-9-31)13-20(32)23(25,26)27/h3-6,10,12,18,20,31-32H,2,7-9,11,13H2,1H3/t18-,20?,22+/m1/s1. The third-order valence-corrected chi connectivity index (χ3v) is 6.78. The Bertz CT molecular complexity index is 1060. The number of alkyl halides is 3. The molecule has 1 aromatic carbocycles. The summed E-state index contributed by atoms with van der Waals surface area (Å²) in [5.41, 5.74) is 2.80. The van der Waals surface area contributed by atoms with Crippen molar-refractivity contribution in [2.75, 3.05) is 19.7 Å². The molecule has 33 heavy (non-hydrogen) atoms. The van der Waals surface area contributed by atoms with Crippen molar-refractivity contribution in [3.8, 4) is 5.69 Å². The number of carbonyl (C=O) groups excluding carboxylic acids is 1. The fourth-order valence-corrected chi connectivity index (χ4v) is 4.97. The molecule has 10 heteroatoms. The Hall–Kier alpha value is -2.72. The molecule has 2 N–H and O–H groups in total. The third kappa shape index (κ3) is 4.29. The van der Waals surface area contributed by atoms with Crippen molar-refractivity contribution < 1.29 is 32.6 Å². The Morgan fingerprint density at radius 2 is 2.03 bits per heavy atom. The second-order valence-corrected chi connectivity index (χ2v) is 8.86. The molecular formula is C23H25F4N3O3. The van der Waals surface area contributed by atoms with E-state index in [0.29, 0.717) is 24.9 Å². The molecule has 2 aliphatic rings. The van der Waals surface area contributed by atoms with Crippen LogP contribution in [0.3, 0.4) is 0 Å². The molecule has 178 valence electrons. The Morgan fingerprint density at radius 3 is 2.67 bits per heavy atom. The summed E-state index contributed by atoms with van der Waals surface area (Å²) in [6.45, 7) is 0.217. The molecule has 0 radical (unpaired) electrons. The largest absolute Gasteiger partial charge is 0.416 e. The smallest absolute Gasteiger partial charge is 0.395 e. The van der Waals surface area contributed by atoms with Crippen LogP contribution < -0.4 is 0 Å². The molecule has 3 atom stereocenters. The number of fused-ring (bicyclic) bond motifs is 2. The minimum atomic E-state index is -4.85. The second kappa shape index (κ2) is 8.57. The maximum atomic E-state index is 13.3. The number of hydrogen-bond acceptors (Lipinski definition) is 4. The average molecular weight is 467 g/mol. The number of rotatable bonds is 6. The van der Waals surface area contributed by atoms with Gasteiger partial charge in [0, 0.05) is 17.9 Å². The highest BCUT2D eigenvalue weighted by molar-refractivity contribution is 5.82. The number of halogens is 4. The van der Waals surface area contributed by atoms with Crippen LogP contribution in [-0.2, 0) is 11.2 Å². The molecule has 0 saturated heterocycles. The van der Waals surface area contributed by atoms with Gasteiger partial charge in [-0.05, 0) is 55.2 Å². The van der Waals surface area contributed by atoms with Gasteiger partial charge in [0.25, 0.3) is 0 Å². The van der Waals surface area contributed by atoms with Crippen LogP contribution in [-0.4, -0.2) is 62.8 Å². The van der Waals surface area contributed by atoms with Crippen LogP contribution in [0.1, 0.15) is 31.0 Å². The fourth-order valence-electron chi connectivity index (χ4n) is 4.97. The first kappa shape index (κ1) is 23.4. The highest BCUT2D eigenvalue weighted by Gasteiger charge is 2.50. The summed E-state index contributed by atoms with van der Waals surface area (Å²) >= 11 is 0. The van der Waals surface area contributed by atoms with Crippen LogP contribution in [0.4, 0.5) is 17.6 Å². The van der Waals surface area contributed by atoms with Crippen molar-refractivity contribution >= 4 is 12.0 Å². The number of aliphatic hydroxyl groups excluding tert-OH is 2. The molecule has 1 saturated carbocycles. The number of amides is 1. The summed E-state index contributed by atoms with van der Waals surface area (Å²) in [4.78, 5) is 14.2. The minimum Gasteiger partial charge on any atom is -0.395 e. The summed E-state index contributed by atoms with van der Waals surface area (Å²) in [5, 5.41) is 23.2. The summed E-state index contributed by atoms with van der Waals surface area (Å²) in [6.07, 6.45) is -2.35. The summed E-state index contributed by atoms with van der Waals surface area (Å²) in [7, 11) is 0. The first-order valence-corrected chi connectivity index (χ1v) is 10.7. The summed E-state index contributed by atoms with van der Waals surface area (Å²) < 4.78 is 53.6. The van der Waals surface area contributed by atoms with Gasteiger partial charge < -0.3 is 15.1 Å². The van der Waals surface area contributed by atoms with Gasteiger partial charge in [0.2, 0.25) is 5.91 Å². The lowest BCUT2D eigenvalue weighted by atomic mass is 9.69. The molecule has 6 nitrogen and oxygen atoms in total. The molecule has 4 rings (SSSR count). The SMILES string of the molecule is C[C@]12Cc3cnn(-c4ccc(F)cc4)c3C=C1CC[C@@H]2C(=O)N(CCO)CC(O)C(F)(F)F. The van der Waals surface area contributed by atoms with E-state index in [0.717, 1.165) is 21.7 Å². The van der Waals surface area contributed by atoms with Gasteiger partial charge >= 0.3 is 6.18 Å². The molecule has 1 amide bonds. The van der Waals surface area contributed by atoms with Gasteiger partial charge in [-0.3, -0.25) is 4.79 Å². The first-order chi connectivity index (χ1) is 15.5. The van der Waals surface area contributed by atoms with Gasteiger partial charge in [0.15, 0.2) is 6.10 Å². The maximum Gasteiger partial charge on any atom is 0.416 e. The fraction of sp³-hybridized carbons (Fsp3) is 0.478. The van der Waals surface area contributed by atoms with Crippen molar-refractivity contribution in [1.29, 1.82) is 0 Å². The van der Waals surface area contributed by atoms with Crippen LogP contribution in [0, 0.1) is 17.2 Å². The Kier molecular flexibility index (Phi) is 6.09. The van der Waals surface area contributed by atoms with Crippen LogP contribution in [0.15, 0.2) is 36.0 Å². The number of nitrogens with zero attached hydrogens (tertiary/aromatic N) is 3. The first-order valence-electron chi connectivity index (χ1n) is 10.7. The van der Waals surface area contributed by atoms with Crippen molar-refractivity contribution in [3.05, 3.63) is 53.1 Å². The summed E-state index contributed by atoms with van der Waals surface area (Å²) in [5.74, 6) is -1.45. The van der Waals surface area contributed by atoms with Crippen molar-refractivity contribution in [2.45, 2.75) is 38.5 Å². The van der Waals surface area contributed by atoms with E-state index in [9.17, 15) is 32.6 Å². The van der Waals surface area contributed by atoms with E-state index in [2.05, 4.69) is 5.10 Å². The molecule has 1 fully saturated rings. The van der Waals surface area contributed by atoms with Crippen molar-refractivity contribution in [2.24, 2.45) is 11.3 Å². The van der Waals surface area contributed by atoms with Gasteiger partial charge in [-0.1, -0.05) is 12.5 Å². The molecular weight excluding hydrogens is 442 g/mol. The van der Waals surface area contributed by atoms with E-state index in [4.69, 9.17) is 0 Å². The van der Waals surface area contributed by atoms with Gasteiger partial charge in [-0.15, -0.1) is 0 Å². The minimum absolute atomic E-state index is 0.286. The molecule has 0 bridgehead atoms. The molecule has 0 spiro atoms. The molecule has 0 aliphatic heterocycles. The monoisotopic (exact) mass is 467 g/mol. The predicted octanol–water partition coefficient (Wildman–Crippen LogP) is 3.11. The van der Waals surface area contributed by atoms with E-state index in [1.54, 1.807) is 23.0 Å². The van der Waals surface area contributed by atoms with E-state index < -0.39 is 42.7 Å². The number of carbonyl (C=O) groups is 1. The van der Waals surface area contributed by atoms with Gasteiger partial charge in [-0.2, -0.15) is 18.3 Å². The highest BCUT2D eigenvalue weighted by atomic mass is 19.4. The van der Waals surface area contributed by atoms with E-state index in [-0.39, 0.29) is 12.4 Å². The quantitative estimate of drug-likeness (QED) is 0.640. The molecule has 1 unspecified atom stereocenters. The predicted molar refractivity (Wildman–Crippen MR) is 112 cm³/mol. The zero-order chi connectivity index (χ0) is 24.0. The average Bonchev–Trinajstić information content (AvgIpc) is 3.30. The van der Waals surface area contributed by atoms with E-state index in [1.807, 2.05) is 13.0 Å². The highest BCUT2D eigenvalue weighted by Crippen LogP contribution is 2.53. The number of benzene rings is 1. The Labute approximate surface area is 188 Å². The summed E-state index contributed by atoms with van der Waals surface area (Å²) in [6, 6.07) is 5.93. The topological polar surface area (TPSA) is 78.6 Å². The van der Waals surface area contributed by atoms with Crippen LogP contribution in [0.2, 0.25) is 0 Å². The Morgan fingerprint density at radius 1 is 1.33 bits per heavy atom. The van der Waals surface area contributed by atoms with E-state index >= 15 is 0 Å². The number of hydrogen-bond donors (Lipinski definition) is 2. The van der Waals surface area contributed by atoms with Crippen LogP contribution in [0.5, 0.6) is 0 Å². The zero-order valence-corrected chi connectivity index (χ0v) is 18.0. The lowest BCUT2D eigenvalue weighted by Gasteiger charge is -2.38. The number of aromatic nitrogens is 2. The Balaban J connectivity index is 1.60. The number of allylic oxidation sites excluding steroid dienone is 1. The third-order valence-electron chi connectivity index (χ3n) is 6.78. The van der Waals surface area contributed by atoms with Gasteiger partial charge in [0.1, 0.15) is 5.82 Å². The molecule has 2 aromatic rings.